The third-order valence-electron chi connectivity index (χ3n) is 4.64. The molecule has 0 saturated carbocycles. The lowest BCUT2D eigenvalue weighted by atomic mass is 9.95. The van der Waals surface area contributed by atoms with Gasteiger partial charge in [0.1, 0.15) is 16.5 Å². The summed E-state index contributed by atoms with van der Waals surface area (Å²) in [6.07, 6.45) is -0.714. The first-order chi connectivity index (χ1) is 13.0. The average Bonchev–Trinajstić information content (AvgIpc) is 3.01. The molecule has 0 amide bonds. The van der Waals surface area contributed by atoms with Crippen LogP contribution in [-0.4, -0.2) is 45.4 Å². The second kappa shape index (κ2) is 6.91. The minimum absolute atomic E-state index is 0.198. The minimum atomic E-state index is -0.714. The molecule has 1 atom stereocenters. The molecule has 1 N–H and O–H groups in total. The van der Waals surface area contributed by atoms with Crippen LogP contribution in [-0.2, 0) is 13.1 Å². The summed E-state index contributed by atoms with van der Waals surface area (Å²) < 4.78 is 12.2. The topological polar surface area (TPSA) is 89.2 Å². The Balaban J connectivity index is 1.67. The quantitative estimate of drug-likeness (QED) is 0.725. The molecule has 1 aliphatic rings. The van der Waals surface area contributed by atoms with E-state index >= 15 is 0 Å². The Morgan fingerprint density at radius 2 is 2.04 bits per heavy atom. The normalized spacial score (nSPS) is 17.1. The standard InChI is InChI=1S/C18H20N4O4S/c1-10-20-22-16(24)6-11(19-18(22)27-10)7-21-8-12-14(25-2)4-5-15(26-3)17(12)13(23)9-21/h4-6,13,23H,7-9H2,1-3H3/t13-/m0/s1. The summed E-state index contributed by atoms with van der Waals surface area (Å²) in [6.45, 7) is 3.27. The SMILES string of the molecule is COc1ccc(OC)c2c1CN(Cc1cc(=O)n3nc(C)sc3n1)C[C@@H]2O. The second-order valence-corrected chi connectivity index (χ2v) is 7.61. The Morgan fingerprint density at radius 3 is 2.78 bits per heavy atom. The first kappa shape index (κ1) is 17.9. The van der Waals surface area contributed by atoms with Crippen LogP contribution in [0, 0.1) is 6.92 Å². The summed E-state index contributed by atoms with van der Waals surface area (Å²) in [5, 5.41) is 15.6. The molecule has 27 heavy (non-hydrogen) atoms. The number of aryl methyl sites for hydroxylation is 1. The van der Waals surface area contributed by atoms with E-state index in [1.54, 1.807) is 20.3 Å². The number of benzene rings is 1. The van der Waals surface area contributed by atoms with Gasteiger partial charge in [0, 0.05) is 36.8 Å². The summed E-state index contributed by atoms with van der Waals surface area (Å²) in [5.41, 5.74) is 2.11. The zero-order valence-electron chi connectivity index (χ0n) is 15.3. The van der Waals surface area contributed by atoms with Gasteiger partial charge < -0.3 is 14.6 Å². The average molecular weight is 388 g/mol. The number of aromatic nitrogens is 3. The van der Waals surface area contributed by atoms with Crippen LogP contribution in [0.5, 0.6) is 11.5 Å². The summed E-state index contributed by atoms with van der Waals surface area (Å²) in [4.78, 5) is 19.4. The molecule has 0 saturated heterocycles. The van der Waals surface area contributed by atoms with Crippen molar-refractivity contribution in [2.45, 2.75) is 26.1 Å². The number of β-amino-alcohol motifs (C(OH)–C–C–N with tert-alkyl or cyclic N) is 1. The third-order valence-corrected chi connectivity index (χ3v) is 5.47. The van der Waals surface area contributed by atoms with Crippen LogP contribution in [0.25, 0.3) is 4.96 Å². The Hall–Kier alpha value is -2.49. The van der Waals surface area contributed by atoms with Crippen LogP contribution in [0.15, 0.2) is 23.0 Å². The molecule has 1 aromatic carbocycles. The number of ether oxygens (including phenoxy) is 2. The first-order valence-corrected chi connectivity index (χ1v) is 9.32. The predicted octanol–water partition coefficient (Wildman–Crippen LogP) is 1.53. The highest BCUT2D eigenvalue weighted by atomic mass is 32.1. The van der Waals surface area contributed by atoms with Gasteiger partial charge in [-0.3, -0.25) is 9.69 Å². The van der Waals surface area contributed by atoms with Crippen LogP contribution >= 0.6 is 11.3 Å². The van der Waals surface area contributed by atoms with E-state index in [1.165, 1.54) is 21.9 Å². The Kier molecular flexibility index (Phi) is 4.58. The molecule has 0 aliphatic carbocycles. The molecule has 0 unspecified atom stereocenters. The van der Waals surface area contributed by atoms with Crippen molar-refractivity contribution in [3.63, 3.8) is 0 Å². The largest absolute Gasteiger partial charge is 0.496 e. The van der Waals surface area contributed by atoms with Crippen LogP contribution in [0.3, 0.4) is 0 Å². The van der Waals surface area contributed by atoms with Gasteiger partial charge in [-0.2, -0.15) is 9.61 Å². The summed E-state index contributed by atoms with van der Waals surface area (Å²) in [5.74, 6) is 1.35. The summed E-state index contributed by atoms with van der Waals surface area (Å²) in [6, 6.07) is 5.14. The van der Waals surface area contributed by atoms with E-state index in [0.29, 0.717) is 41.8 Å². The van der Waals surface area contributed by atoms with Gasteiger partial charge in [0.15, 0.2) is 0 Å². The van der Waals surface area contributed by atoms with Crippen LogP contribution in [0.2, 0.25) is 0 Å². The maximum atomic E-state index is 12.3. The van der Waals surface area contributed by atoms with Crippen LogP contribution in [0.4, 0.5) is 0 Å². The molecule has 142 valence electrons. The molecular formula is C18H20N4O4S. The predicted molar refractivity (Wildman–Crippen MR) is 100 cm³/mol. The molecule has 4 rings (SSSR count). The van der Waals surface area contributed by atoms with Crippen molar-refractivity contribution in [1.29, 1.82) is 0 Å². The van der Waals surface area contributed by atoms with E-state index < -0.39 is 6.10 Å². The van der Waals surface area contributed by atoms with E-state index in [9.17, 15) is 9.90 Å². The van der Waals surface area contributed by atoms with Gasteiger partial charge in [-0.1, -0.05) is 11.3 Å². The van der Waals surface area contributed by atoms with E-state index in [4.69, 9.17) is 9.47 Å². The zero-order chi connectivity index (χ0) is 19.1. The van der Waals surface area contributed by atoms with Gasteiger partial charge in [0.25, 0.3) is 5.56 Å². The fraction of sp³-hybridized carbons (Fsp3) is 0.389. The molecule has 0 spiro atoms. The monoisotopic (exact) mass is 388 g/mol. The highest BCUT2D eigenvalue weighted by molar-refractivity contribution is 7.16. The highest BCUT2D eigenvalue weighted by Crippen LogP contribution is 2.39. The third kappa shape index (κ3) is 3.18. The molecular weight excluding hydrogens is 368 g/mol. The number of hydrogen-bond acceptors (Lipinski definition) is 8. The van der Waals surface area contributed by atoms with Crippen molar-refractivity contribution >= 4 is 16.3 Å². The van der Waals surface area contributed by atoms with Crippen LogP contribution < -0.4 is 15.0 Å². The number of methoxy groups -OCH3 is 2. The smallest absolute Gasteiger partial charge is 0.275 e. The van der Waals surface area contributed by atoms with Crippen molar-refractivity contribution in [2.75, 3.05) is 20.8 Å². The second-order valence-electron chi connectivity index (χ2n) is 6.45. The number of hydrogen-bond donors (Lipinski definition) is 1. The molecule has 8 nitrogen and oxygen atoms in total. The van der Waals surface area contributed by atoms with Crippen molar-refractivity contribution in [2.24, 2.45) is 0 Å². The van der Waals surface area contributed by atoms with Gasteiger partial charge in [0.05, 0.1) is 26.0 Å². The lowest BCUT2D eigenvalue weighted by molar-refractivity contribution is 0.0836. The number of fused-ring (bicyclic) bond motifs is 2. The fourth-order valence-corrected chi connectivity index (χ4v) is 4.29. The number of aliphatic hydroxyl groups is 1. The van der Waals surface area contributed by atoms with Gasteiger partial charge in [-0.15, -0.1) is 0 Å². The van der Waals surface area contributed by atoms with Crippen LogP contribution in [0.1, 0.15) is 27.9 Å². The van der Waals surface area contributed by atoms with E-state index in [2.05, 4.69) is 10.1 Å². The van der Waals surface area contributed by atoms with E-state index in [0.717, 1.165) is 16.1 Å². The molecule has 0 bridgehead atoms. The Bertz CT molecular complexity index is 1060. The molecule has 2 aromatic heterocycles. The Labute approximate surface area is 159 Å². The van der Waals surface area contributed by atoms with Gasteiger partial charge in [-0.05, 0) is 19.1 Å². The molecule has 1 aliphatic heterocycles. The zero-order valence-corrected chi connectivity index (χ0v) is 16.1. The fourth-order valence-electron chi connectivity index (χ4n) is 3.53. The lowest BCUT2D eigenvalue weighted by Gasteiger charge is -2.33. The van der Waals surface area contributed by atoms with Crippen molar-refractivity contribution in [3.8, 4) is 11.5 Å². The van der Waals surface area contributed by atoms with Crippen molar-refractivity contribution in [3.05, 3.63) is 50.4 Å². The summed E-state index contributed by atoms with van der Waals surface area (Å²) in [7, 11) is 3.20. The maximum absolute atomic E-state index is 12.3. The number of aliphatic hydroxyl groups excluding tert-OH is 1. The van der Waals surface area contributed by atoms with E-state index in [-0.39, 0.29) is 5.56 Å². The highest BCUT2D eigenvalue weighted by Gasteiger charge is 2.30. The van der Waals surface area contributed by atoms with Gasteiger partial charge in [0.2, 0.25) is 4.96 Å². The first-order valence-electron chi connectivity index (χ1n) is 8.50. The Morgan fingerprint density at radius 1 is 1.30 bits per heavy atom. The van der Waals surface area contributed by atoms with Gasteiger partial charge in [-0.25, -0.2) is 4.98 Å². The van der Waals surface area contributed by atoms with Gasteiger partial charge >= 0.3 is 0 Å². The number of nitrogens with zero attached hydrogens (tertiary/aromatic N) is 4. The van der Waals surface area contributed by atoms with Crippen molar-refractivity contribution < 1.29 is 14.6 Å². The molecule has 3 heterocycles. The maximum Gasteiger partial charge on any atom is 0.275 e. The molecule has 3 aromatic rings. The minimum Gasteiger partial charge on any atom is -0.496 e. The molecule has 0 fully saturated rings. The summed E-state index contributed by atoms with van der Waals surface area (Å²) >= 11 is 1.38. The number of rotatable bonds is 4. The van der Waals surface area contributed by atoms with E-state index in [1.807, 2.05) is 17.9 Å². The molecule has 0 radical (unpaired) electrons. The molecule has 9 heteroatoms. The van der Waals surface area contributed by atoms with Crippen molar-refractivity contribution in [1.82, 2.24) is 19.5 Å². The lowest BCUT2D eigenvalue weighted by Crippen LogP contribution is -2.34.